The fraction of sp³-hybridized carbons (Fsp3) is 0.500. The molecule has 2 aromatic heterocycles. The number of rotatable bonds is 5. The molecule has 0 saturated carbocycles. The summed E-state index contributed by atoms with van der Waals surface area (Å²) >= 11 is 0. The molecule has 8 nitrogen and oxygen atoms in total. The van der Waals surface area contributed by atoms with E-state index >= 15 is 0 Å². The highest BCUT2D eigenvalue weighted by atomic mass is 32.2. The van der Waals surface area contributed by atoms with Crippen LogP contribution in [0.5, 0.6) is 0 Å². The predicted octanol–water partition coefficient (Wildman–Crippen LogP) is 2.53. The minimum absolute atomic E-state index is 0.0804. The molecule has 0 radical (unpaired) electrons. The van der Waals surface area contributed by atoms with Gasteiger partial charge in [-0.05, 0) is 52.8 Å². The molecule has 0 aromatic carbocycles. The lowest BCUT2D eigenvalue weighted by atomic mass is 10.3. The monoisotopic (exact) mass is 420 g/mol. The van der Waals surface area contributed by atoms with Crippen LogP contribution in [0.2, 0.25) is 0 Å². The lowest BCUT2D eigenvalue weighted by molar-refractivity contribution is -0.127. The Bertz CT molecular complexity index is 1030. The summed E-state index contributed by atoms with van der Waals surface area (Å²) in [6.07, 6.45) is 3.09. The number of furan rings is 1. The first-order valence-corrected chi connectivity index (χ1v) is 11.1. The van der Waals surface area contributed by atoms with Crippen LogP contribution in [0.25, 0.3) is 6.08 Å². The van der Waals surface area contributed by atoms with E-state index in [1.165, 1.54) is 10.4 Å². The number of hydrogen-bond donors (Lipinski definition) is 0. The zero-order valence-corrected chi connectivity index (χ0v) is 18.4. The normalized spacial score (nSPS) is 16.3. The standard InChI is InChI=1S/C20H28N4O4S/c1-14(2)24-17(5)20(16(4)21-24)29(26,27)23-12-10-22(11-13-23)19(25)9-8-18-7-6-15(3)28-18/h6-9,14H,10-13H2,1-5H3. The number of nitrogens with zero attached hydrogens (tertiary/aromatic N) is 4. The van der Waals surface area contributed by atoms with Crippen molar-refractivity contribution in [1.29, 1.82) is 0 Å². The first-order valence-electron chi connectivity index (χ1n) is 9.70. The molecule has 3 heterocycles. The number of carbonyl (C=O) groups is 1. The van der Waals surface area contributed by atoms with E-state index in [0.717, 1.165) is 5.76 Å². The summed E-state index contributed by atoms with van der Waals surface area (Å²) < 4.78 is 35.0. The van der Waals surface area contributed by atoms with Crippen LogP contribution in [0, 0.1) is 20.8 Å². The number of hydrogen-bond acceptors (Lipinski definition) is 5. The smallest absolute Gasteiger partial charge is 0.246 e. The van der Waals surface area contributed by atoms with Crippen molar-refractivity contribution >= 4 is 22.0 Å². The molecular formula is C20H28N4O4S. The molecule has 2 aromatic rings. The Labute approximate surface area is 171 Å². The van der Waals surface area contributed by atoms with Crippen molar-refractivity contribution in [2.24, 2.45) is 0 Å². The summed E-state index contributed by atoms with van der Waals surface area (Å²) in [5.41, 5.74) is 1.15. The van der Waals surface area contributed by atoms with Crippen molar-refractivity contribution in [2.75, 3.05) is 26.2 Å². The maximum atomic E-state index is 13.2. The van der Waals surface area contributed by atoms with Crippen LogP contribution < -0.4 is 0 Å². The maximum absolute atomic E-state index is 13.2. The Morgan fingerprint density at radius 2 is 1.79 bits per heavy atom. The van der Waals surface area contributed by atoms with Gasteiger partial charge in [0.05, 0.1) is 11.4 Å². The SMILES string of the molecule is Cc1ccc(C=CC(=O)N2CCN(S(=O)(=O)c3c(C)nn(C(C)C)c3C)CC2)o1. The van der Waals surface area contributed by atoms with Crippen LogP contribution in [0.15, 0.2) is 27.5 Å². The lowest BCUT2D eigenvalue weighted by Crippen LogP contribution is -2.50. The van der Waals surface area contributed by atoms with E-state index in [-0.39, 0.29) is 29.9 Å². The van der Waals surface area contributed by atoms with Gasteiger partial charge in [0.2, 0.25) is 15.9 Å². The minimum Gasteiger partial charge on any atom is -0.462 e. The third-order valence-electron chi connectivity index (χ3n) is 5.05. The number of amides is 1. The van der Waals surface area contributed by atoms with Gasteiger partial charge in [-0.25, -0.2) is 8.42 Å². The average molecular weight is 421 g/mol. The zero-order chi connectivity index (χ0) is 21.3. The van der Waals surface area contributed by atoms with E-state index in [1.54, 1.807) is 35.6 Å². The molecule has 0 aliphatic carbocycles. The van der Waals surface area contributed by atoms with Crippen molar-refractivity contribution in [2.45, 2.75) is 45.6 Å². The molecule has 0 bridgehead atoms. The Hall–Kier alpha value is -2.39. The maximum Gasteiger partial charge on any atom is 0.246 e. The van der Waals surface area contributed by atoms with Crippen molar-refractivity contribution in [3.05, 3.63) is 41.1 Å². The van der Waals surface area contributed by atoms with Crippen molar-refractivity contribution in [3.63, 3.8) is 0 Å². The number of carbonyl (C=O) groups excluding carboxylic acids is 1. The van der Waals surface area contributed by atoms with Crippen LogP contribution >= 0.6 is 0 Å². The Kier molecular flexibility index (Phi) is 6.00. The average Bonchev–Trinajstić information content (AvgIpc) is 3.22. The van der Waals surface area contributed by atoms with Gasteiger partial charge < -0.3 is 9.32 Å². The predicted molar refractivity (Wildman–Crippen MR) is 110 cm³/mol. The molecule has 0 atom stereocenters. The van der Waals surface area contributed by atoms with Gasteiger partial charge in [-0.1, -0.05) is 0 Å². The number of piperazine rings is 1. The molecule has 0 unspecified atom stereocenters. The fourth-order valence-electron chi connectivity index (χ4n) is 3.60. The molecule has 0 N–H and O–H groups in total. The molecule has 29 heavy (non-hydrogen) atoms. The van der Waals surface area contributed by atoms with Gasteiger partial charge in [-0.3, -0.25) is 9.48 Å². The van der Waals surface area contributed by atoms with Crippen LogP contribution in [0.3, 0.4) is 0 Å². The summed E-state index contributed by atoms with van der Waals surface area (Å²) in [5.74, 6) is 1.24. The van der Waals surface area contributed by atoms with E-state index < -0.39 is 10.0 Å². The van der Waals surface area contributed by atoms with Crippen LogP contribution in [0.1, 0.15) is 42.8 Å². The highest BCUT2D eigenvalue weighted by molar-refractivity contribution is 7.89. The summed E-state index contributed by atoms with van der Waals surface area (Å²) in [6.45, 7) is 10.5. The molecule has 0 spiro atoms. The van der Waals surface area contributed by atoms with Crippen LogP contribution in [-0.2, 0) is 14.8 Å². The summed E-state index contributed by atoms with van der Waals surface area (Å²) in [4.78, 5) is 14.3. The molecule has 3 rings (SSSR count). The topological polar surface area (TPSA) is 88.7 Å². The quantitative estimate of drug-likeness (QED) is 0.694. The van der Waals surface area contributed by atoms with Crippen molar-refractivity contribution in [1.82, 2.24) is 19.0 Å². The number of aromatic nitrogens is 2. The molecule has 1 fully saturated rings. The molecule has 1 aliphatic heterocycles. The fourth-order valence-corrected chi connectivity index (χ4v) is 5.39. The number of sulfonamides is 1. The van der Waals surface area contributed by atoms with Gasteiger partial charge in [-0.15, -0.1) is 0 Å². The van der Waals surface area contributed by atoms with Crippen molar-refractivity contribution < 1.29 is 17.6 Å². The van der Waals surface area contributed by atoms with E-state index in [4.69, 9.17) is 4.42 Å². The second kappa shape index (κ2) is 8.16. The van der Waals surface area contributed by atoms with E-state index in [9.17, 15) is 13.2 Å². The van der Waals surface area contributed by atoms with Gasteiger partial charge >= 0.3 is 0 Å². The van der Waals surface area contributed by atoms with Gasteiger partial charge in [-0.2, -0.15) is 9.40 Å². The molecule has 1 aliphatic rings. The first-order chi connectivity index (χ1) is 13.6. The summed E-state index contributed by atoms with van der Waals surface area (Å²) in [5, 5.41) is 4.40. The Balaban J connectivity index is 1.68. The van der Waals surface area contributed by atoms with Gasteiger partial charge in [0.25, 0.3) is 0 Å². The third kappa shape index (κ3) is 4.30. The Morgan fingerprint density at radius 3 is 2.31 bits per heavy atom. The zero-order valence-electron chi connectivity index (χ0n) is 17.5. The van der Waals surface area contributed by atoms with E-state index in [0.29, 0.717) is 30.2 Å². The summed E-state index contributed by atoms with van der Waals surface area (Å²) in [7, 11) is -3.66. The third-order valence-corrected chi connectivity index (χ3v) is 7.20. The molecule has 1 amide bonds. The second-order valence-electron chi connectivity index (χ2n) is 7.55. The highest BCUT2D eigenvalue weighted by Crippen LogP contribution is 2.26. The summed E-state index contributed by atoms with van der Waals surface area (Å²) in [6, 6.07) is 3.71. The highest BCUT2D eigenvalue weighted by Gasteiger charge is 2.34. The van der Waals surface area contributed by atoms with Gasteiger partial charge in [0.15, 0.2) is 0 Å². The largest absolute Gasteiger partial charge is 0.462 e. The van der Waals surface area contributed by atoms with Gasteiger partial charge in [0.1, 0.15) is 16.4 Å². The number of aryl methyl sites for hydroxylation is 2. The van der Waals surface area contributed by atoms with Crippen LogP contribution in [-0.4, -0.2) is 59.5 Å². The molecule has 158 valence electrons. The van der Waals surface area contributed by atoms with Gasteiger partial charge in [0, 0.05) is 38.3 Å². The van der Waals surface area contributed by atoms with Crippen LogP contribution in [0.4, 0.5) is 0 Å². The molecule has 9 heteroatoms. The first kappa shape index (κ1) is 21.3. The minimum atomic E-state index is -3.66. The van der Waals surface area contributed by atoms with E-state index in [1.807, 2.05) is 26.8 Å². The molecular weight excluding hydrogens is 392 g/mol. The molecule has 1 saturated heterocycles. The lowest BCUT2D eigenvalue weighted by Gasteiger charge is -2.33. The van der Waals surface area contributed by atoms with Crippen molar-refractivity contribution in [3.8, 4) is 0 Å². The Morgan fingerprint density at radius 1 is 1.14 bits per heavy atom. The second-order valence-corrected chi connectivity index (χ2v) is 9.42. The van der Waals surface area contributed by atoms with E-state index in [2.05, 4.69) is 5.10 Å².